The van der Waals surface area contributed by atoms with Gasteiger partial charge in [0, 0.05) is 23.2 Å². The summed E-state index contributed by atoms with van der Waals surface area (Å²) in [6.45, 7) is 5.88. The van der Waals surface area contributed by atoms with Crippen molar-refractivity contribution in [1.82, 2.24) is 0 Å². The van der Waals surface area contributed by atoms with Crippen molar-refractivity contribution in [3.63, 3.8) is 0 Å². The molecule has 1 aliphatic carbocycles. The summed E-state index contributed by atoms with van der Waals surface area (Å²) in [6, 6.07) is 11.9. The third-order valence-corrected chi connectivity index (χ3v) is 5.55. The Morgan fingerprint density at radius 3 is 2.57 bits per heavy atom. The van der Waals surface area contributed by atoms with Crippen LogP contribution in [0.2, 0.25) is 0 Å². The van der Waals surface area contributed by atoms with Crippen molar-refractivity contribution in [3.8, 4) is 0 Å². The Balaban J connectivity index is 1.60. The van der Waals surface area contributed by atoms with Crippen molar-refractivity contribution < 1.29 is 13.6 Å². The number of amides is 1. The maximum absolute atomic E-state index is 13.1. The zero-order valence-electron chi connectivity index (χ0n) is 17.3. The fraction of sp³-hybridized carbons (Fsp3) is 0.250. The van der Waals surface area contributed by atoms with Crippen LogP contribution >= 0.6 is 0 Å². The number of halogens is 1. The number of nitrogens with one attached hydrogen (secondary N) is 2. The Hall–Kier alpha value is -3.41. The van der Waals surface area contributed by atoms with Gasteiger partial charge in [-0.3, -0.25) is 10.2 Å². The minimum atomic E-state index is -0.293. The summed E-state index contributed by atoms with van der Waals surface area (Å²) in [5.74, 6) is 0.543. The van der Waals surface area contributed by atoms with Crippen molar-refractivity contribution in [3.05, 3.63) is 82.1 Å². The summed E-state index contributed by atoms with van der Waals surface area (Å²) in [6.07, 6.45) is 2.43. The molecule has 1 aliphatic rings. The van der Waals surface area contributed by atoms with Crippen molar-refractivity contribution in [1.29, 1.82) is 0 Å². The molecule has 1 aromatic heterocycles. The number of nitrogens with zero attached hydrogens (tertiary/aromatic N) is 1. The summed E-state index contributed by atoms with van der Waals surface area (Å²) in [5, 5.41) is 7.49. The van der Waals surface area contributed by atoms with Crippen LogP contribution in [0.25, 0.3) is 0 Å². The topological polar surface area (TPSA) is 66.6 Å². The van der Waals surface area contributed by atoms with Crippen LogP contribution < -0.4 is 10.7 Å². The number of aryl methyl sites for hydroxylation is 2. The lowest BCUT2D eigenvalue weighted by molar-refractivity contribution is 0.0994. The molecule has 0 saturated carbocycles. The molecule has 0 radical (unpaired) electrons. The van der Waals surface area contributed by atoms with Crippen LogP contribution in [-0.2, 0) is 6.42 Å². The normalized spacial score (nSPS) is 14.5. The zero-order chi connectivity index (χ0) is 21.3. The first kappa shape index (κ1) is 19.9. The van der Waals surface area contributed by atoms with Gasteiger partial charge in [0.1, 0.15) is 11.6 Å². The lowest BCUT2D eigenvalue weighted by Gasteiger charge is -2.13. The quantitative estimate of drug-likeness (QED) is 0.543. The minimum Gasteiger partial charge on any atom is -0.455 e. The van der Waals surface area contributed by atoms with Gasteiger partial charge in [-0.2, -0.15) is 5.10 Å². The van der Waals surface area contributed by atoms with E-state index < -0.39 is 0 Å². The number of anilines is 2. The van der Waals surface area contributed by atoms with Gasteiger partial charge in [-0.05, 0) is 75.1 Å². The molecular weight excluding hydrogens is 381 g/mol. The number of benzene rings is 2. The van der Waals surface area contributed by atoms with Crippen LogP contribution in [-0.4, -0.2) is 11.6 Å². The molecule has 0 bridgehead atoms. The monoisotopic (exact) mass is 405 g/mol. The molecule has 4 rings (SSSR count). The molecule has 154 valence electrons. The van der Waals surface area contributed by atoms with Gasteiger partial charge in [-0.25, -0.2) is 4.39 Å². The van der Waals surface area contributed by atoms with Crippen LogP contribution in [0.4, 0.5) is 15.8 Å². The lowest BCUT2D eigenvalue weighted by atomic mass is 9.93. The lowest BCUT2D eigenvalue weighted by Crippen LogP contribution is -2.15. The van der Waals surface area contributed by atoms with E-state index >= 15 is 0 Å². The Kier molecular flexibility index (Phi) is 5.40. The molecule has 0 aliphatic heterocycles. The van der Waals surface area contributed by atoms with E-state index in [4.69, 9.17) is 4.42 Å². The number of rotatable bonds is 4. The van der Waals surface area contributed by atoms with Gasteiger partial charge < -0.3 is 9.73 Å². The maximum Gasteiger partial charge on any atom is 0.291 e. The summed E-state index contributed by atoms with van der Waals surface area (Å²) in [5.41, 5.74) is 9.12. The Morgan fingerprint density at radius 1 is 1.03 bits per heavy atom. The fourth-order valence-corrected chi connectivity index (χ4v) is 3.72. The number of fused-ring (bicyclic) bond motifs is 1. The van der Waals surface area contributed by atoms with Crippen molar-refractivity contribution in [2.45, 2.75) is 40.0 Å². The Labute approximate surface area is 175 Å². The average Bonchev–Trinajstić information content (AvgIpc) is 3.08. The second-order valence-corrected chi connectivity index (χ2v) is 7.59. The molecule has 1 amide bonds. The number of furan rings is 1. The smallest absolute Gasteiger partial charge is 0.291 e. The number of hydrazone groups is 1. The predicted octanol–water partition coefficient (Wildman–Crippen LogP) is 5.75. The molecule has 3 aromatic rings. The van der Waals surface area contributed by atoms with Crippen LogP contribution in [0.3, 0.4) is 0 Å². The SMILES string of the molecule is Cc1cccc(NC(=O)c2oc3c(c2C)/C(=N/Nc2ccc(F)cc2)CCC3)c1C. The first-order chi connectivity index (χ1) is 14.4. The highest BCUT2D eigenvalue weighted by Gasteiger charge is 2.28. The van der Waals surface area contributed by atoms with Crippen LogP contribution in [0.1, 0.15) is 51.4 Å². The highest BCUT2D eigenvalue weighted by Crippen LogP contribution is 2.31. The van der Waals surface area contributed by atoms with Crippen molar-refractivity contribution in [2.24, 2.45) is 5.10 Å². The van der Waals surface area contributed by atoms with E-state index in [1.54, 1.807) is 12.1 Å². The van der Waals surface area contributed by atoms with E-state index in [2.05, 4.69) is 15.8 Å². The number of carbonyl (C=O) groups excluding carboxylic acids is 1. The minimum absolute atomic E-state index is 0.263. The molecule has 5 nitrogen and oxygen atoms in total. The highest BCUT2D eigenvalue weighted by molar-refractivity contribution is 6.09. The second-order valence-electron chi connectivity index (χ2n) is 7.59. The van der Waals surface area contributed by atoms with E-state index in [1.807, 2.05) is 39.0 Å². The number of carbonyl (C=O) groups is 1. The molecule has 0 unspecified atom stereocenters. The second kappa shape index (κ2) is 8.14. The standard InChI is InChI=1S/C24H24FN3O2/c1-14-6-4-7-19(15(14)2)26-24(29)23-16(3)22-20(8-5-9-21(22)30-23)28-27-18-12-10-17(25)11-13-18/h4,6-7,10-13,27H,5,8-9H2,1-3H3,(H,26,29)/b28-20+. The highest BCUT2D eigenvalue weighted by atomic mass is 19.1. The number of hydrogen-bond donors (Lipinski definition) is 2. The summed E-state index contributed by atoms with van der Waals surface area (Å²) in [4.78, 5) is 12.9. The Morgan fingerprint density at radius 2 is 1.80 bits per heavy atom. The van der Waals surface area contributed by atoms with Gasteiger partial charge >= 0.3 is 0 Å². The first-order valence-electron chi connectivity index (χ1n) is 10.0. The summed E-state index contributed by atoms with van der Waals surface area (Å²) >= 11 is 0. The van der Waals surface area contributed by atoms with Gasteiger partial charge in [0.2, 0.25) is 0 Å². The molecule has 0 atom stereocenters. The number of hydrogen-bond acceptors (Lipinski definition) is 4. The fourth-order valence-electron chi connectivity index (χ4n) is 3.72. The average molecular weight is 405 g/mol. The van der Waals surface area contributed by atoms with Gasteiger partial charge in [-0.15, -0.1) is 0 Å². The van der Waals surface area contributed by atoms with Crippen molar-refractivity contribution >= 4 is 23.0 Å². The third-order valence-electron chi connectivity index (χ3n) is 5.55. The third kappa shape index (κ3) is 3.85. The molecule has 0 fully saturated rings. The van der Waals surface area contributed by atoms with Crippen LogP contribution in [0, 0.1) is 26.6 Å². The van der Waals surface area contributed by atoms with Gasteiger partial charge in [0.05, 0.1) is 11.4 Å². The predicted molar refractivity (Wildman–Crippen MR) is 117 cm³/mol. The van der Waals surface area contributed by atoms with Crippen LogP contribution in [0.5, 0.6) is 0 Å². The summed E-state index contributed by atoms with van der Waals surface area (Å²) in [7, 11) is 0. The summed E-state index contributed by atoms with van der Waals surface area (Å²) < 4.78 is 19.1. The van der Waals surface area contributed by atoms with Crippen molar-refractivity contribution in [2.75, 3.05) is 10.7 Å². The van der Waals surface area contributed by atoms with E-state index in [1.165, 1.54) is 12.1 Å². The molecule has 0 spiro atoms. The van der Waals surface area contributed by atoms with Gasteiger partial charge in [0.25, 0.3) is 5.91 Å². The van der Waals surface area contributed by atoms with E-state index in [0.717, 1.165) is 58.7 Å². The first-order valence-corrected chi connectivity index (χ1v) is 10.0. The molecule has 0 saturated heterocycles. The molecule has 30 heavy (non-hydrogen) atoms. The van der Waals surface area contributed by atoms with E-state index in [-0.39, 0.29) is 11.7 Å². The van der Waals surface area contributed by atoms with E-state index in [9.17, 15) is 9.18 Å². The zero-order valence-corrected chi connectivity index (χ0v) is 17.3. The molecular formula is C24H24FN3O2. The van der Waals surface area contributed by atoms with Gasteiger partial charge in [0.15, 0.2) is 5.76 Å². The molecule has 2 aromatic carbocycles. The van der Waals surface area contributed by atoms with Gasteiger partial charge in [-0.1, -0.05) is 12.1 Å². The molecule has 2 N–H and O–H groups in total. The Bertz CT molecular complexity index is 1130. The molecule has 1 heterocycles. The largest absolute Gasteiger partial charge is 0.455 e. The van der Waals surface area contributed by atoms with Crippen LogP contribution in [0.15, 0.2) is 52.0 Å². The van der Waals surface area contributed by atoms with E-state index in [0.29, 0.717) is 11.4 Å². The molecule has 6 heteroatoms. The maximum atomic E-state index is 13.1.